The number of hydrogen-bond donors (Lipinski definition) is 1. The first kappa shape index (κ1) is 21.9. The summed E-state index contributed by atoms with van der Waals surface area (Å²) in [5, 5.41) is 4.00. The number of para-hydroxylation sites is 1. The first-order valence-corrected chi connectivity index (χ1v) is 10.9. The Morgan fingerprint density at radius 2 is 1.84 bits per heavy atom. The van der Waals surface area contributed by atoms with Crippen LogP contribution in [0.3, 0.4) is 0 Å². The minimum Gasteiger partial charge on any atom is -0.493 e. The maximum absolute atomic E-state index is 12.9. The Balaban J connectivity index is 1.57. The van der Waals surface area contributed by atoms with Crippen LogP contribution in [0.25, 0.3) is 10.9 Å². The molecule has 0 bridgehead atoms. The number of pyridine rings is 1. The van der Waals surface area contributed by atoms with Gasteiger partial charge in [-0.2, -0.15) is 0 Å². The molecule has 0 atom stereocenters. The van der Waals surface area contributed by atoms with Gasteiger partial charge in [-0.1, -0.05) is 13.0 Å². The molecule has 7 heteroatoms. The van der Waals surface area contributed by atoms with Gasteiger partial charge in [0.1, 0.15) is 5.82 Å². The average Bonchev–Trinajstić information content (AvgIpc) is 2.83. The number of amides is 1. The van der Waals surface area contributed by atoms with E-state index in [0.717, 1.165) is 55.0 Å². The maximum atomic E-state index is 12.9. The maximum Gasteiger partial charge on any atom is 0.259 e. The lowest BCUT2D eigenvalue weighted by atomic mass is 10.1. The van der Waals surface area contributed by atoms with Gasteiger partial charge in [0.15, 0.2) is 11.5 Å². The lowest BCUT2D eigenvalue weighted by Crippen LogP contribution is -2.46. The number of likely N-dealkylation sites (N-methyl/N-ethyl adjacent to an activating group) is 1. The number of fused-ring (bicyclic) bond motifs is 1. The van der Waals surface area contributed by atoms with Crippen LogP contribution < -0.4 is 19.7 Å². The summed E-state index contributed by atoms with van der Waals surface area (Å²) in [6.45, 7) is 9.49. The zero-order valence-electron chi connectivity index (χ0n) is 19.1. The summed E-state index contributed by atoms with van der Waals surface area (Å²) in [6.07, 6.45) is 0. The largest absolute Gasteiger partial charge is 0.493 e. The van der Waals surface area contributed by atoms with Gasteiger partial charge in [0.2, 0.25) is 0 Å². The van der Waals surface area contributed by atoms with Crippen molar-refractivity contribution in [2.45, 2.75) is 13.8 Å². The first-order valence-electron chi connectivity index (χ1n) is 10.9. The summed E-state index contributed by atoms with van der Waals surface area (Å²) in [5.41, 5.74) is 3.19. The fourth-order valence-electron chi connectivity index (χ4n) is 4.17. The highest BCUT2D eigenvalue weighted by Gasteiger charge is 2.19. The van der Waals surface area contributed by atoms with Crippen molar-refractivity contribution in [3.63, 3.8) is 0 Å². The molecular formula is C25H30N4O3. The zero-order valence-corrected chi connectivity index (χ0v) is 19.1. The zero-order chi connectivity index (χ0) is 22.7. The van der Waals surface area contributed by atoms with Gasteiger partial charge in [-0.05, 0) is 55.4 Å². The summed E-state index contributed by atoms with van der Waals surface area (Å²) in [5.74, 6) is 1.70. The van der Waals surface area contributed by atoms with Gasteiger partial charge in [-0.3, -0.25) is 4.79 Å². The number of piperazine rings is 1. The number of carbonyl (C=O) groups is 1. The predicted molar refractivity (Wildman–Crippen MR) is 128 cm³/mol. The Morgan fingerprint density at radius 3 is 2.53 bits per heavy atom. The smallest absolute Gasteiger partial charge is 0.259 e. The van der Waals surface area contributed by atoms with E-state index in [0.29, 0.717) is 22.7 Å². The van der Waals surface area contributed by atoms with Crippen molar-refractivity contribution in [1.82, 2.24) is 9.88 Å². The molecule has 0 saturated carbocycles. The van der Waals surface area contributed by atoms with E-state index in [4.69, 9.17) is 14.5 Å². The van der Waals surface area contributed by atoms with Gasteiger partial charge in [-0.25, -0.2) is 4.98 Å². The van der Waals surface area contributed by atoms with Crippen LogP contribution in [0.2, 0.25) is 0 Å². The number of benzene rings is 2. The number of rotatable bonds is 6. The number of nitrogens with zero attached hydrogens (tertiary/aromatic N) is 3. The number of hydrogen-bond acceptors (Lipinski definition) is 6. The number of anilines is 2. The molecule has 1 saturated heterocycles. The molecule has 1 aliphatic rings. The number of methoxy groups -OCH3 is 2. The van der Waals surface area contributed by atoms with Gasteiger partial charge >= 0.3 is 0 Å². The Labute approximate surface area is 188 Å². The van der Waals surface area contributed by atoms with E-state index in [9.17, 15) is 4.79 Å². The van der Waals surface area contributed by atoms with Crippen molar-refractivity contribution in [2.24, 2.45) is 0 Å². The predicted octanol–water partition coefficient (Wildman–Crippen LogP) is 3.95. The number of aromatic nitrogens is 1. The molecular weight excluding hydrogens is 404 g/mol. The van der Waals surface area contributed by atoms with E-state index in [1.165, 1.54) is 7.11 Å². The van der Waals surface area contributed by atoms with Gasteiger partial charge in [0, 0.05) is 37.3 Å². The molecule has 0 unspecified atom stereocenters. The van der Waals surface area contributed by atoms with Crippen LogP contribution >= 0.6 is 0 Å². The molecule has 7 nitrogen and oxygen atoms in total. The van der Waals surface area contributed by atoms with Crippen molar-refractivity contribution in [1.29, 1.82) is 0 Å². The van der Waals surface area contributed by atoms with E-state index in [2.05, 4.69) is 35.0 Å². The van der Waals surface area contributed by atoms with Crippen LogP contribution in [0.4, 0.5) is 11.5 Å². The highest BCUT2D eigenvalue weighted by molar-refractivity contribution is 6.07. The number of nitrogens with one attached hydrogen (secondary N) is 1. The van der Waals surface area contributed by atoms with Crippen molar-refractivity contribution in [2.75, 3.05) is 57.2 Å². The van der Waals surface area contributed by atoms with E-state index in [-0.39, 0.29) is 5.91 Å². The molecule has 1 aliphatic heterocycles. The summed E-state index contributed by atoms with van der Waals surface area (Å²) < 4.78 is 10.7. The van der Waals surface area contributed by atoms with Crippen LogP contribution in [-0.4, -0.2) is 62.7 Å². The lowest BCUT2D eigenvalue weighted by Gasteiger charge is -2.35. The minimum absolute atomic E-state index is 0.254. The second kappa shape index (κ2) is 9.44. The molecule has 3 aromatic rings. The summed E-state index contributed by atoms with van der Waals surface area (Å²) in [7, 11) is 3.08. The Hall–Kier alpha value is -3.32. The van der Waals surface area contributed by atoms with Gasteiger partial charge in [0.05, 0.1) is 25.3 Å². The quantitative estimate of drug-likeness (QED) is 0.634. The summed E-state index contributed by atoms with van der Waals surface area (Å²) >= 11 is 0. The molecule has 2 heterocycles. The minimum atomic E-state index is -0.254. The number of ether oxygens (including phenoxy) is 2. The second-order valence-corrected chi connectivity index (χ2v) is 7.95. The topological polar surface area (TPSA) is 66.9 Å². The fraction of sp³-hybridized carbons (Fsp3) is 0.360. The third-order valence-electron chi connectivity index (χ3n) is 6.05. The van der Waals surface area contributed by atoms with Crippen LogP contribution in [-0.2, 0) is 0 Å². The third-order valence-corrected chi connectivity index (χ3v) is 6.05. The normalized spacial score (nSPS) is 14.4. The molecule has 1 N–H and O–H groups in total. The Morgan fingerprint density at radius 1 is 1.06 bits per heavy atom. The standard InChI is InChI=1S/C25H30N4O3/c1-5-28-11-13-29(14-12-28)23-15-17(2)20-16-18(9-10-21(20)27-23)26-25(30)19-7-6-8-22(31-3)24(19)32-4/h6-10,15-16H,5,11-14H2,1-4H3,(H,26,30). The molecule has 32 heavy (non-hydrogen) atoms. The van der Waals surface area contributed by atoms with Crippen molar-refractivity contribution in [3.05, 3.63) is 53.6 Å². The average molecular weight is 435 g/mol. The van der Waals surface area contributed by atoms with E-state index >= 15 is 0 Å². The van der Waals surface area contributed by atoms with Gasteiger partial charge < -0.3 is 24.6 Å². The Bertz CT molecular complexity index is 1120. The van der Waals surface area contributed by atoms with Crippen molar-refractivity contribution < 1.29 is 14.3 Å². The monoisotopic (exact) mass is 434 g/mol. The molecule has 1 aromatic heterocycles. The van der Waals surface area contributed by atoms with E-state index in [1.54, 1.807) is 25.3 Å². The summed E-state index contributed by atoms with van der Waals surface area (Å²) in [4.78, 5) is 22.6. The molecule has 0 spiro atoms. The SMILES string of the molecule is CCN1CCN(c2cc(C)c3cc(NC(=O)c4cccc(OC)c4OC)ccc3n2)CC1. The van der Waals surface area contributed by atoms with Crippen LogP contribution in [0.15, 0.2) is 42.5 Å². The van der Waals surface area contributed by atoms with Crippen LogP contribution in [0, 0.1) is 6.92 Å². The molecule has 4 rings (SSSR count). The number of aryl methyl sites for hydroxylation is 1. The highest BCUT2D eigenvalue weighted by Crippen LogP contribution is 2.32. The summed E-state index contributed by atoms with van der Waals surface area (Å²) in [6, 6.07) is 13.2. The van der Waals surface area contributed by atoms with E-state index in [1.807, 2.05) is 18.2 Å². The first-order chi connectivity index (χ1) is 15.5. The molecule has 0 aliphatic carbocycles. The Kier molecular flexibility index (Phi) is 6.46. The fourth-order valence-corrected chi connectivity index (χ4v) is 4.17. The molecule has 0 radical (unpaired) electrons. The van der Waals surface area contributed by atoms with Crippen molar-refractivity contribution in [3.8, 4) is 11.5 Å². The van der Waals surface area contributed by atoms with Gasteiger partial charge in [-0.15, -0.1) is 0 Å². The second-order valence-electron chi connectivity index (χ2n) is 7.95. The van der Waals surface area contributed by atoms with Crippen LogP contribution in [0.1, 0.15) is 22.8 Å². The van der Waals surface area contributed by atoms with Crippen LogP contribution in [0.5, 0.6) is 11.5 Å². The van der Waals surface area contributed by atoms with Gasteiger partial charge in [0.25, 0.3) is 5.91 Å². The molecule has 1 amide bonds. The number of carbonyl (C=O) groups excluding carboxylic acids is 1. The lowest BCUT2D eigenvalue weighted by molar-refractivity contribution is 0.102. The van der Waals surface area contributed by atoms with E-state index < -0.39 is 0 Å². The highest BCUT2D eigenvalue weighted by atomic mass is 16.5. The molecule has 1 fully saturated rings. The molecule has 2 aromatic carbocycles. The van der Waals surface area contributed by atoms with Crippen molar-refractivity contribution >= 4 is 28.3 Å². The molecule has 168 valence electrons. The third kappa shape index (κ3) is 4.34.